The van der Waals surface area contributed by atoms with Gasteiger partial charge in [0.2, 0.25) is 5.91 Å². The Labute approximate surface area is 188 Å². The lowest BCUT2D eigenvalue weighted by Gasteiger charge is -2.33. The van der Waals surface area contributed by atoms with E-state index in [1.54, 1.807) is 25.3 Å². The second kappa shape index (κ2) is 8.97. The molecule has 4 rings (SSSR count). The zero-order chi connectivity index (χ0) is 22.0. The van der Waals surface area contributed by atoms with Gasteiger partial charge in [-0.25, -0.2) is 0 Å². The van der Waals surface area contributed by atoms with E-state index < -0.39 is 0 Å². The number of piperidine rings is 1. The highest BCUT2D eigenvalue weighted by molar-refractivity contribution is 6.32. The number of benzene rings is 2. The zero-order valence-corrected chi connectivity index (χ0v) is 18.7. The van der Waals surface area contributed by atoms with E-state index in [0.29, 0.717) is 35.4 Å². The van der Waals surface area contributed by atoms with Crippen LogP contribution in [0.4, 0.5) is 5.69 Å². The van der Waals surface area contributed by atoms with Crippen LogP contribution in [0.1, 0.15) is 31.7 Å². The van der Waals surface area contributed by atoms with Crippen LogP contribution in [-0.4, -0.2) is 42.7 Å². The average molecular weight is 445 g/mol. The molecule has 1 saturated heterocycles. The molecular weight excluding hydrogens is 416 g/mol. The van der Waals surface area contributed by atoms with E-state index >= 15 is 0 Å². The molecule has 1 atom stereocenters. The molecule has 2 aromatic rings. The number of para-hydroxylation sites is 1. The van der Waals surface area contributed by atoms with Crippen LogP contribution in [-0.2, 0) is 11.3 Å². The van der Waals surface area contributed by atoms with Crippen molar-refractivity contribution in [3.8, 4) is 17.2 Å². The fourth-order valence-electron chi connectivity index (χ4n) is 4.61. The van der Waals surface area contributed by atoms with Gasteiger partial charge in [-0.15, -0.1) is 0 Å². The van der Waals surface area contributed by atoms with Gasteiger partial charge in [-0.2, -0.15) is 0 Å². The molecule has 2 aromatic carbocycles. The molecule has 0 unspecified atom stereocenters. The van der Waals surface area contributed by atoms with Crippen LogP contribution in [0.25, 0.3) is 0 Å². The van der Waals surface area contributed by atoms with Gasteiger partial charge in [-0.1, -0.05) is 23.7 Å². The van der Waals surface area contributed by atoms with Crippen molar-refractivity contribution >= 4 is 23.2 Å². The molecule has 0 radical (unpaired) electrons. The molecule has 1 aliphatic heterocycles. The molecule has 31 heavy (non-hydrogen) atoms. The molecule has 1 aliphatic carbocycles. The molecule has 7 heteroatoms. The molecule has 1 heterocycles. The largest absolute Gasteiger partial charge is 0.504 e. The number of ether oxygens (including phenoxy) is 2. The Kier molecular flexibility index (Phi) is 6.30. The van der Waals surface area contributed by atoms with Crippen LogP contribution < -0.4 is 14.8 Å². The number of phenolic OH excluding ortho intramolecular Hbond substituents is 1. The lowest BCUT2D eigenvalue weighted by Crippen LogP contribution is -2.35. The molecule has 1 saturated carbocycles. The summed E-state index contributed by atoms with van der Waals surface area (Å²) in [5.41, 5.74) is 1.68. The number of nitrogens with one attached hydrogen (secondary N) is 1. The number of likely N-dealkylation sites (tertiary alicyclic amines) is 1. The maximum absolute atomic E-state index is 12.8. The quantitative estimate of drug-likeness (QED) is 0.648. The van der Waals surface area contributed by atoms with Crippen molar-refractivity contribution in [1.82, 2.24) is 4.90 Å². The number of anilines is 1. The minimum atomic E-state index is 0.0465. The van der Waals surface area contributed by atoms with Gasteiger partial charge in [-0.05, 0) is 69.0 Å². The molecule has 166 valence electrons. The highest BCUT2D eigenvalue weighted by Crippen LogP contribution is 2.59. The predicted octanol–water partition coefficient (Wildman–Crippen LogP) is 4.69. The zero-order valence-electron chi connectivity index (χ0n) is 18.0. The summed E-state index contributed by atoms with van der Waals surface area (Å²) in [5.74, 6) is 1.47. The standard InChI is InChI=1S/C24H29ClN2O4/c1-3-31-21-6-4-5-16(22(21)28)15-27-11-9-24(10-12-27)14-18(24)23(29)26-17-7-8-20(30-2)19(25)13-17/h4-8,13,18,28H,3,9-12,14-15H2,1-2H3,(H,26,29)/t18-/m1/s1. The van der Waals surface area contributed by atoms with Crippen molar-refractivity contribution in [2.24, 2.45) is 11.3 Å². The average Bonchev–Trinajstić information content (AvgIpc) is 3.46. The summed E-state index contributed by atoms with van der Waals surface area (Å²) in [5, 5.41) is 13.9. The number of rotatable bonds is 7. The van der Waals surface area contributed by atoms with Crippen molar-refractivity contribution in [3.05, 3.63) is 47.0 Å². The number of carbonyl (C=O) groups excluding carboxylic acids is 1. The third-order valence-electron chi connectivity index (χ3n) is 6.55. The van der Waals surface area contributed by atoms with E-state index in [4.69, 9.17) is 21.1 Å². The van der Waals surface area contributed by atoms with Crippen LogP contribution in [0.15, 0.2) is 36.4 Å². The van der Waals surface area contributed by atoms with Crippen LogP contribution >= 0.6 is 11.6 Å². The maximum Gasteiger partial charge on any atom is 0.228 e. The van der Waals surface area contributed by atoms with Gasteiger partial charge in [0.25, 0.3) is 0 Å². The van der Waals surface area contributed by atoms with Gasteiger partial charge in [0.1, 0.15) is 5.75 Å². The molecule has 0 aromatic heterocycles. The SMILES string of the molecule is CCOc1cccc(CN2CCC3(CC2)C[C@@H]3C(=O)Nc2ccc(OC)c(Cl)c2)c1O. The number of hydrogen-bond donors (Lipinski definition) is 2. The topological polar surface area (TPSA) is 71.0 Å². The van der Waals surface area contributed by atoms with Gasteiger partial charge in [0.05, 0.1) is 18.7 Å². The Morgan fingerprint density at radius 1 is 1.26 bits per heavy atom. The smallest absolute Gasteiger partial charge is 0.228 e. The van der Waals surface area contributed by atoms with E-state index in [2.05, 4.69) is 10.2 Å². The number of aromatic hydroxyl groups is 1. The molecule has 2 aliphatic rings. The first kappa shape index (κ1) is 21.8. The normalized spacial score (nSPS) is 19.8. The first-order valence-electron chi connectivity index (χ1n) is 10.8. The van der Waals surface area contributed by atoms with Gasteiger partial charge >= 0.3 is 0 Å². The fourth-order valence-corrected chi connectivity index (χ4v) is 4.87. The third kappa shape index (κ3) is 4.60. The van der Waals surface area contributed by atoms with Crippen LogP contribution in [0.2, 0.25) is 5.02 Å². The van der Waals surface area contributed by atoms with E-state index in [0.717, 1.165) is 37.9 Å². The minimum Gasteiger partial charge on any atom is -0.504 e. The minimum absolute atomic E-state index is 0.0465. The summed E-state index contributed by atoms with van der Waals surface area (Å²) in [6, 6.07) is 10.9. The predicted molar refractivity (Wildman–Crippen MR) is 121 cm³/mol. The fraction of sp³-hybridized carbons (Fsp3) is 0.458. The second-order valence-corrected chi connectivity index (χ2v) is 8.84. The molecule has 2 fully saturated rings. The Balaban J connectivity index is 1.31. The summed E-state index contributed by atoms with van der Waals surface area (Å²) in [6.07, 6.45) is 2.91. The highest BCUT2D eigenvalue weighted by atomic mass is 35.5. The Morgan fingerprint density at radius 3 is 2.71 bits per heavy atom. The highest BCUT2D eigenvalue weighted by Gasteiger charge is 2.58. The molecular formula is C24H29ClN2O4. The van der Waals surface area contributed by atoms with Crippen molar-refractivity contribution < 1.29 is 19.4 Å². The van der Waals surface area contributed by atoms with E-state index in [9.17, 15) is 9.90 Å². The Hall–Kier alpha value is -2.44. The first-order valence-corrected chi connectivity index (χ1v) is 11.1. The van der Waals surface area contributed by atoms with E-state index in [1.807, 2.05) is 25.1 Å². The summed E-state index contributed by atoms with van der Waals surface area (Å²) in [4.78, 5) is 15.1. The van der Waals surface area contributed by atoms with Gasteiger partial charge in [0.15, 0.2) is 11.5 Å². The van der Waals surface area contributed by atoms with Crippen LogP contribution in [0.3, 0.4) is 0 Å². The number of hydrogen-bond acceptors (Lipinski definition) is 5. The summed E-state index contributed by atoms with van der Waals surface area (Å²) >= 11 is 6.16. The monoisotopic (exact) mass is 444 g/mol. The maximum atomic E-state index is 12.8. The third-order valence-corrected chi connectivity index (χ3v) is 6.85. The Bertz CT molecular complexity index is 957. The Morgan fingerprint density at radius 2 is 2.03 bits per heavy atom. The van der Waals surface area contributed by atoms with Gasteiger partial charge in [-0.3, -0.25) is 9.69 Å². The summed E-state index contributed by atoms with van der Waals surface area (Å²) in [7, 11) is 1.57. The summed E-state index contributed by atoms with van der Waals surface area (Å²) in [6.45, 7) is 4.94. The second-order valence-electron chi connectivity index (χ2n) is 8.43. The van der Waals surface area contributed by atoms with Crippen LogP contribution in [0, 0.1) is 11.3 Å². The molecule has 1 spiro atoms. The molecule has 1 amide bonds. The van der Waals surface area contributed by atoms with Crippen molar-refractivity contribution in [3.63, 3.8) is 0 Å². The first-order chi connectivity index (χ1) is 15.0. The van der Waals surface area contributed by atoms with E-state index in [1.165, 1.54) is 0 Å². The molecule has 0 bridgehead atoms. The van der Waals surface area contributed by atoms with Gasteiger partial charge < -0.3 is 19.9 Å². The number of carbonyl (C=O) groups is 1. The lowest BCUT2D eigenvalue weighted by molar-refractivity contribution is -0.118. The molecule has 6 nitrogen and oxygen atoms in total. The van der Waals surface area contributed by atoms with E-state index in [-0.39, 0.29) is 23.0 Å². The number of halogens is 1. The van der Waals surface area contributed by atoms with Crippen molar-refractivity contribution in [2.75, 3.05) is 32.1 Å². The lowest BCUT2D eigenvalue weighted by atomic mass is 9.90. The van der Waals surface area contributed by atoms with Crippen molar-refractivity contribution in [2.45, 2.75) is 32.7 Å². The number of phenols is 1. The number of amides is 1. The van der Waals surface area contributed by atoms with Crippen molar-refractivity contribution in [1.29, 1.82) is 0 Å². The summed E-state index contributed by atoms with van der Waals surface area (Å²) < 4.78 is 10.7. The van der Waals surface area contributed by atoms with Gasteiger partial charge in [0, 0.05) is 23.7 Å². The van der Waals surface area contributed by atoms with Crippen LogP contribution in [0.5, 0.6) is 17.2 Å². The number of methoxy groups -OCH3 is 1. The number of nitrogens with zero attached hydrogens (tertiary/aromatic N) is 1. The molecule has 2 N–H and O–H groups in total.